The Morgan fingerprint density at radius 2 is 1.90 bits per heavy atom. The van der Waals surface area contributed by atoms with Gasteiger partial charge < -0.3 is 9.14 Å². The van der Waals surface area contributed by atoms with Crippen molar-refractivity contribution in [3.8, 4) is 11.8 Å². The van der Waals surface area contributed by atoms with Gasteiger partial charge in [0.05, 0.1) is 27.7 Å². The average molecular weight is 419 g/mol. The van der Waals surface area contributed by atoms with Crippen LogP contribution < -0.4 is 9.46 Å². The van der Waals surface area contributed by atoms with Gasteiger partial charge in [-0.1, -0.05) is 30.3 Å². The van der Waals surface area contributed by atoms with E-state index in [1.165, 1.54) is 12.1 Å². The van der Waals surface area contributed by atoms with Crippen LogP contribution in [0.25, 0.3) is 16.4 Å². The summed E-state index contributed by atoms with van der Waals surface area (Å²) in [6.45, 7) is 1.68. The van der Waals surface area contributed by atoms with Gasteiger partial charge in [-0.15, -0.1) is 0 Å². The van der Waals surface area contributed by atoms with Crippen LogP contribution in [-0.2, 0) is 10.0 Å². The predicted molar refractivity (Wildman–Crippen MR) is 112 cm³/mol. The zero-order valence-corrected chi connectivity index (χ0v) is 16.8. The molecule has 0 saturated carbocycles. The first-order chi connectivity index (χ1) is 14.4. The fourth-order valence-corrected chi connectivity index (χ4v) is 4.43. The van der Waals surface area contributed by atoms with Crippen LogP contribution in [0.4, 0.5) is 0 Å². The molecule has 0 saturated heterocycles. The van der Waals surface area contributed by atoms with Crippen molar-refractivity contribution < 1.29 is 17.9 Å². The Balaban J connectivity index is 1.81. The summed E-state index contributed by atoms with van der Waals surface area (Å²) in [5.41, 5.74) is 2.26. The highest BCUT2D eigenvalue weighted by molar-refractivity contribution is 7.90. The number of carbonyl (C=O) groups excluding carboxylic acids is 1. The van der Waals surface area contributed by atoms with Gasteiger partial charge in [0.2, 0.25) is 0 Å². The highest BCUT2D eigenvalue weighted by Gasteiger charge is 2.24. The minimum Gasteiger partial charge on any atom is -0.477 e. The molecule has 4 rings (SSSR count). The number of nitriles is 1. The SMILES string of the molecule is Cc1cccc(S(=O)(=O)NC(=O)c2c3ccccc3n3cc(OCC#N)ccc23)c1. The fourth-order valence-electron chi connectivity index (χ4n) is 3.37. The summed E-state index contributed by atoms with van der Waals surface area (Å²) in [5.74, 6) is -0.259. The van der Waals surface area contributed by atoms with Gasteiger partial charge in [-0.05, 0) is 42.8 Å². The van der Waals surface area contributed by atoms with Gasteiger partial charge in [-0.3, -0.25) is 4.79 Å². The molecular weight excluding hydrogens is 402 g/mol. The summed E-state index contributed by atoms with van der Waals surface area (Å²) in [6.07, 6.45) is 1.67. The summed E-state index contributed by atoms with van der Waals surface area (Å²) in [5, 5.41) is 9.32. The number of nitrogens with one attached hydrogen (secondary N) is 1. The molecule has 8 heteroatoms. The van der Waals surface area contributed by atoms with E-state index in [0.29, 0.717) is 22.2 Å². The third kappa shape index (κ3) is 3.47. The van der Waals surface area contributed by atoms with E-state index >= 15 is 0 Å². The Morgan fingerprint density at radius 3 is 2.67 bits per heavy atom. The lowest BCUT2D eigenvalue weighted by Crippen LogP contribution is -2.30. The molecule has 0 fully saturated rings. The molecule has 2 aromatic carbocycles. The second-order valence-corrected chi connectivity index (χ2v) is 8.39. The number of benzene rings is 2. The van der Waals surface area contributed by atoms with Crippen molar-refractivity contribution in [2.45, 2.75) is 11.8 Å². The highest BCUT2D eigenvalue weighted by Crippen LogP contribution is 2.29. The maximum Gasteiger partial charge on any atom is 0.267 e. The van der Waals surface area contributed by atoms with Crippen molar-refractivity contribution in [3.05, 3.63) is 78.0 Å². The first kappa shape index (κ1) is 19.5. The molecule has 0 spiro atoms. The Hall–Kier alpha value is -3.83. The number of para-hydroxylation sites is 1. The van der Waals surface area contributed by atoms with E-state index in [1.807, 2.05) is 18.2 Å². The second kappa shape index (κ2) is 7.54. The van der Waals surface area contributed by atoms with E-state index in [0.717, 1.165) is 5.56 Å². The van der Waals surface area contributed by atoms with Gasteiger partial charge in [0.15, 0.2) is 6.61 Å². The minimum absolute atomic E-state index is 0.0239. The molecule has 0 unspecified atom stereocenters. The summed E-state index contributed by atoms with van der Waals surface area (Å²) < 4.78 is 34.8. The second-order valence-electron chi connectivity index (χ2n) is 6.71. The van der Waals surface area contributed by atoms with E-state index in [2.05, 4.69) is 4.72 Å². The number of hydrogen-bond donors (Lipinski definition) is 1. The minimum atomic E-state index is -4.04. The molecule has 150 valence electrons. The summed E-state index contributed by atoms with van der Waals surface area (Å²) in [4.78, 5) is 13.1. The molecule has 0 atom stereocenters. The summed E-state index contributed by atoms with van der Waals surface area (Å²) in [7, 11) is -4.04. The van der Waals surface area contributed by atoms with E-state index < -0.39 is 15.9 Å². The molecule has 2 heterocycles. The van der Waals surface area contributed by atoms with Gasteiger partial charge in [0, 0.05) is 5.39 Å². The zero-order valence-electron chi connectivity index (χ0n) is 16.0. The number of ether oxygens (including phenoxy) is 1. The molecule has 7 nitrogen and oxygen atoms in total. The van der Waals surface area contributed by atoms with Crippen molar-refractivity contribution >= 4 is 32.4 Å². The lowest BCUT2D eigenvalue weighted by atomic mass is 10.1. The van der Waals surface area contributed by atoms with Crippen molar-refractivity contribution in [3.63, 3.8) is 0 Å². The van der Waals surface area contributed by atoms with E-state index in [9.17, 15) is 13.2 Å². The molecule has 2 aromatic heterocycles. The van der Waals surface area contributed by atoms with Crippen LogP contribution in [0.2, 0.25) is 0 Å². The molecular formula is C22H17N3O4S. The quantitative estimate of drug-likeness (QED) is 0.534. The lowest BCUT2D eigenvalue weighted by Gasteiger charge is -2.08. The molecule has 30 heavy (non-hydrogen) atoms. The van der Waals surface area contributed by atoms with Crippen LogP contribution in [0.15, 0.2) is 71.8 Å². The van der Waals surface area contributed by atoms with E-state index in [1.54, 1.807) is 53.9 Å². The third-order valence-electron chi connectivity index (χ3n) is 4.67. The molecule has 1 N–H and O–H groups in total. The number of aromatic nitrogens is 1. The van der Waals surface area contributed by atoms with Crippen LogP contribution in [0.1, 0.15) is 15.9 Å². The van der Waals surface area contributed by atoms with Crippen LogP contribution >= 0.6 is 0 Å². The molecule has 4 aromatic rings. The van der Waals surface area contributed by atoms with Crippen molar-refractivity contribution in [2.24, 2.45) is 0 Å². The highest BCUT2D eigenvalue weighted by atomic mass is 32.2. The first-order valence-corrected chi connectivity index (χ1v) is 10.6. The smallest absolute Gasteiger partial charge is 0.267 e. The number of sulfonamides is 1. The standard InChI is InChI=1S/C22H17N3O4S/c1-15-5-4-6-17(13-15)30(27,28)24-22(26)21-18-7-2-3-8-19(18)25-14-16(29-12-11-23)9-10-20(21)25/h2-10,13-14H,12H2,1H3,(H,24,26). The molecule has 0 aliphatic carbocycles. The third-order valence-corrected chi connectivity index (χ3v) is 6.00. The number of aryl methyl sites for hydroxylation is 1. The summed E-state index contributed by atoms with van der Waals surface area (Å²) >= 11 is 0. The molecule has 0 aliphatic heterocycles. The van der Waals surface area contributed by atoms with Crippen LogP contribution in [0, 0.1) is 18.3 Å². The van der Waals surface area contributed by atoms with E-state index in [4.69, 9.17) is 10.00 Å². The Morgan fingerprint density at radius 1 is 1.10 bits per heavy atom. The zero-order chi connectivity index (χ0) is 21.3. The van der Waals surface area contributed by atoms with Crippen LogP contribution in [0.3, 0.4) is 0 Å². The van der Waals surface area contributed by atoms with Crippen LogP contribution in [0.5, 0.6) is 5.75 Å². The topological polar surface area (TPSA) is 101 Å². The van der Waals surface area contributed by atoms with Crippen LogP contribution in [-0.4, -0.2) is 25.3 Å². The first-order valence-electron chi connectivity index (χ1n) is 9.07. The van der Waals surface area contributed by atoms with Gasteiger partial charge in [-0.2, -0.15) is 5.26 Å². The van der Waals surface area contributed by atoms with Crippen molar-refractivity contribution in [2.75, 3.05) is 6.61 Å². The lowest BCUT2D eigenvalue weighted by molar-refractivity contribution is 0.0984. The number of amides is 1. The number of carbonyl (C=O) groups is 1. The van der Waals surface area contributed by atoms with Gasteiger partial charge >= 0.3 is 0 Å². The van der Waals surface area contributed by atoms with Gasteiger partial charge in [-0.25, -0.2) is 13.1 Å². The van der Waals surface area contributed by atoms with Crippen molar-refractivity contribution in [1.82, 2.24) is 9.12 Å². The molecule has 1 amide bonds. The number of fused-ring (bicyclic) bond motifs is 3. The number of nitrogens with zero attached hydrogens (tertiary/aromatic N) is 2. The number of hydrogen-bond acceptors (Lipinski definition) is 5. The fraction of sp³-hybridized carbons (Fsp3) is 0.0909. The van der Waals surface area contributed by atoms with Gasteiger partial charge in [0.25, 0.3) is 15.9 Å². The Kier molecular flexibility index (Phi) is 4.90. The Bertz CT molecular complexity index is 1430. The van der Waals surface area contributed by atoms with Gasteiger partial charge in [0.1, 0.15) is 11.8 Å². The van der Waals surface area contributed by atoms with E-state index in [-0.39, 0.29) is 17.1 Å². The normalized spacial score (nSPS) is 11.3. The Labute approximate surface area is 173 Å². The monoisotopic (exact) mass is 419 g/mol. The number of rotatable bonds is 5. The maximum absolute atomic E-state index is 13.1. The molecule has 0 aliphatic rings. The predicted octanol–water partition coefficient (Wildman–Crippen LogP) is 3.42. The average Bonchev–Trinajstić information content (AvgIpc) is 3.06. The largest absolute Gasteiger partial charge is 0.477 e. The molecule has 0 bridgehead atoms. The molecule has 0 radical (unpaired) electrons. The number of pyridine rings is 1. The van der Waals surface area contributed by atoms with Crippen molar-refractivity contribution in [1.29, 1.82) is 5.26 Å². The summed E-state index contributed by atoms with van der Waals surface area (Å²) in [6, 6.07) is 18.7. The maximum atomic E-state index is 13.1.